The third-order valence-electron chi connectivity index (χ3n) is 3.26. The van der Waals surface area contributed by atoms with Crippen LogP contribution in [0.2, 0.25) is 10.0 Å². The van der Waals surface area contributed by atoms with E-state index in [1.165, 1.54) is 0 Å². The normalized spacial score (nSPS) is 10.3. The Balaban J connectivity index is 2.41. The molecule has 4 heteroatoms. The van der Waals surface area contributed by atoms with Crippen molar-refractivity contribution in [1.29, 1.82) is 0 Å². The summed E-state index contributed by atoms with van der Waals surface area (Å²) in [6, 6.07) is 12.8. The van der Waals surface area contributed by atoms with Crippen LogP contribution >= 0.6 is 23.2 Å². The zero-order valence-corrected chi connectivity index (χ0v) is 13.8. The van der Waals surface area contributed by atoms with Crippen LogP contribution in [0.4, 0.5) is 5.69 Å². The van der Waals surface area contributed by atoms with E-state index in [2.05, 4.69) is 11.9 Å². The van der Waals surface area contributed by atoms with Gasteiger partial charge in [0.1, 0.15) is 0 Å². The molecule has 22 heavy (non-hydrogen) atoms. The number of carbonyl (C=O) groups excluding carboxylic acids is 1. The van der Waals surface area contributed by atoms with Gasteiger partial charge in [0.15, 0.2) is 0 Å². The first-order valence-corrected chi connectivity index (χ1v) is 7.82. The maximum absolute atomic E-state index is 11.9. The van der Waals surface area contributed by atoms with Gasteiger partial charge in [-0.25, -0.2) is 0 Å². The molecule has 0 aliphatic carbocycles. The average molecular weight is 334 g/mol. The van der Waals surface area contributed by atoms with Crippen LogP contribution in [0, 0.1) is 0 Å². The molecule has 1 N–H and O–H groups in total. The molecule has 1 amide bonds. The average Bonchev–Trinajstić information content (AvgIpc) is 2.49. The lowest BCUT2D eigenvalue weighted by Crippen LogP contribution is -2.12. The van der Waals surface area contributed by atoms with E-state index in [9.17, 15) is 4.79 Å². The molecule has 0 unspecified atom stereocenters. The summed E-state index contributed by atoms with van der Waals surface area (Å²) in [5.41, 5.74) is 3.00. The van der Waals surface area contributed by atoms with Gasteiger partial charge in [0.2, 0.25) is 5.91 Å². The fourth-order valence-electron chi connectivity index (χ4n) is 2.17. The topological polar surface area (TPSA) is 29.1 Å². The Kier molecular flexibility index (Phi) is 5.64. The molecule has 0 aromatic heterocycles. The van der Waals surface area contributed by atoms with Gasteiger partial charge in [0.05, 0.1) is 0 Å². The minimum Gasteiger partial charge on any atom is -0.326 e. The van der Waals surface area contributed by atoms with Gasteiger partial charge in [-0.2, -0.15) is 0 Å². The highest BCUT2D eigenvalue weighted by Crippen LogP contribution is 2.33. The van der Waals surface area contributed by atoms with Gasteiger partial charge in [-0.1, -0.05) is 54.9 Å². The Labute approximate surface area is 140 Å². The Morgan fingerprint density at radius 2 is 1.86 bits per heavy atom. The van der Waals surface area contributed by atoms with E-state index in [1.54, 1.807) is 18.2 Å². The van der Waals surface area contributed by atoms with E-state index in [-0.39, 0.29) is 5.91 Å². The zero-order chi connectivity index (χ0) is 16.1. The van der Waals surface area contributed by atoms with Crippen molar-refractivity contribution in [1.82, 2.24) is 0 Å². The Hall–Kier alpha value is -1.77. The summed E-state index contributed by atoms with van der Waals surface area (Å²) in [7, 11) is 0. The van der Waals surface area contributed by atoms with Crippen molar-refractivity contribution >= 4 is 40.4 Å². The first-order valence-electron chi connectivity index (χ1n) is 7.06. The van der Waals surface area contributed by atoms with Gasteiger partial charge >= 0.3 is 0 Å². The summed E-state index contributed by atoms with van der Waals surface area (Å²) >= 11 is 12.3. The van der Waals surface area contributed by atoms with Gasteiger partial charge in [0.25, 0.3) is 0 Å². The van der Waals surface area contributed by atoms with Crippen LogP contribution < -0.4 is 5.32 Å². The molecule has 0 heterocycles. The van der Waals surface area contributed by atoms with Crippen LogP contribution in [0.1, 0.15) is 30.9 Å². The second kappa shape index (κ2) is 7.48. The Bertz CT molecular complexity index is 710. The summed E-state index contributed by atoms with van der Waals surface area (Å²) in [5, 5.41) is 4.10. The third kappa shape index (κ3) is 3.90. The van der Waals surface area contributed by atoms with Crippen molar-refractivity contribution in [3.8, 4) is 0 Å². The van der Waals surface area contributed by atoms with Crippen LogP contribution in [-0.4, -0.2) is 5.91 Å². The lowest BCUT2D eigenvalue weighted by molar-refractivity contribution is -0.116. The molecule has 0 aliphatic heterocycles. The van der Waals surface area contributed by atoms with Gasteiger partial charge in [0, 0.05) is 33.3 Å². The number of anilines is 1. The highest BCUT2D eigenvalue weighted by molar-refractivity contribution is 6.33. The predicted molar refractivity (Wildman–Crippen MR) is 94.6 cm³/mol. The van der Waals surface area contributed by atoms with Gasteiger partial charge in [-0.15, -0.1) is 0 Å². The third-order valence-corrected chi connectivity index (χ3v) is 3.82. The summed E-state index contributed by atoms with van der Waals surface area (Å²) in [6.45, 7) is 6.08. The van der Waals surface area contributed by atoms with Crippen LogP contribution in [-0.2, 0) is 4.79 Å². The largest absolute Gasteiger partial charge is 0.326 e. The number of carbonyl (C=O) groups is 1. The van der Waals surface area contributed by atoms with Crippen LogP contribution in [0.15, 0.2) is 49.0 Å². The molecule has 0 aliphatic rings. The summed E-state index contributed by atoms with van der Waals surface area (Å²) < 4.78 is 0. The number of amides is 1. The molecule has 2 aromatic carbocycles. The van der Waals surface area contributed by atoms with Gasteiger partial charge in [-0.3, -0.25) is 4.79 Å². The highest BCUT2D eigenvalue weighted by atomic mass is 35.5. The van der Waals surface area contributed by atoms with E-state index in [1.807, 2.05) is 31.2 Å². The van der Waals surface area contributed by atoms with E-state index in [0.29, 0.717) is 22.2 Å². The first kappa shape index (κ1) is 16.6. The zero-order valence-electron chi connectivity index (χ0n) is 12.3. The van der Waals surface area contributed by atoms with Crippen LogP contribution in [0.3, 0.4) is 0 Å². The predicted octanol–water partition coefficient (Wildman–Crippen LogP) is 5.79. The SMILES string of the molecule is C=C(c1ccccc1Cl)c1cc(Cl)ccc1NC(=O)CCC. The molecule has 0 saturated heterocycles. The molecule has 0 spiro atoms. The molecule has 0 bridgehead atoms. The second-order valence-corrected chi connectivity index (χ2v) is 5.79. The lowest BCUT2D eigenvalue weighted by Gasteiger charge is -2.15. The monoisotopic (exact) mass is 333 g/mol. The Morgan fingerprint density at radius 1 is 1.14 bits per heavy atom. The van der Waals surface area contributed by atoms with Crippen molar-refractivity contribution < 1.29 is 4.79 Å². The molecule has 0 fully saturated rings. The standard InChI is InChI=1S/C18H17Cl2NO/c1-3-6-18(22)21-17-10-9-13(19)11-15(17)12(2)14-7-4-5-8-16(14)20/h4-5,7-11H,2-3,6H2,1H3,(H,21,22). The van der Waals surface area contributed by atoms with Crippen molar-refractivity contribution in [3.63, 3.8) is 0 Å². The van der Waals surface area contributed by atoms with Gasteiger partial charge in [-0.05, 0) is 36.3 Å². The van der Waals surface area contributed by atoms with E-state index < -0.39 is 0 Å². The van der Waals surface area contributed by atoms with E-state index in [4.69, 9.17) is 23.2 Å². The maximum Gasteiger partial charge on any atom is 0.224 e. The highest BCUT2D eigenvalue weighted by Gasteiger charge is 2.13. The van der Waals surface area contributed by atoms with Crippen molar-refractivity contribution in [2.24, 2.45) is 0 Å². The molecule has 2 nitrogen and oxygen atoms in total. The van der Waals surface area contributed by atoms with Crippen molar-refractivity contribution in [2.75, 3.05) is 5.32 Å². The van der Waals surface area contributed by atoms with Crippen LogP contribution in [0.25, 0.3) is 5.57 Å². The Morgan fingerprint density at radius 3 is 2.55 bits per heavy atom. The number of hydrogen-bond donors (Lipinski definition) is 1. The number of halogens is 2. The maximum atomic E-state index is 11.9. The van der Waals surface area contributed by atoms with Crippen molar-refractivity contribution in [2.45, 2.75) is 19.8 Å². The molecule has 2 rings (SSSR count). The smallest absolute Gasteiger partial charge is 0.224 e. The number of rotatable bonds is 5. The number of nitrogens with one attached hydrogen (secondary N) is 1. The molecular formula is C18H17Cl2NO. The molecule has 0 saturated carbocycles. The summed E-state index contributed by atoms with van der Waals surface area (Å²) in [5.74, 6) is -0.0296. The number of hydrogen-bond acceptors (Lipinski definition) is 1. The summed E-state index contributed by atoms with van der Waals surface area (Å²) in [4.78, 5) is 11.9. The molecule has 2 aromatic rings. The lowest BCUT2D eigenvalue weighted by atomic mass is 9.98. The van der Waals surface area contributed by atoms with E-state index in [0.717, 1.165) is 23.1 Å². The fraction of sp³-hybridized carbons (Fsp3) is 0.167. The molecule has 0 atom stereocenters. The van der Waals surface area contributed by atoms with Crippen LogP contribution in [0.5, 0.6) is 0 Å². The van der Waals surface area contributed by atoms with E-state index >= 15 is 0 Å². The molecule has 0 radical (unpaired) electrons. The minimum absolute atomic E-state index is 0.0296. The summed E-state index contributed by atoms with van der Waals surface area (Å²) in [6.07, 6.45) is 1.26. The number of benzene rings is 2. The van der Waals surface area contributed by atoms with Crippen molar-refractivity contribution in [3.05, 3.63) is 70.2 Å². The first-order chi connectivity index (χ1) is 10.5. The fourth-order valence-corrected chi connectivity index (χ4v) is 2.59. The minimum atomic E-state index is -0.0296. The second-order valence-electron chi connectivity index (χ2n) is 4.95. The van der Waals surface area contributed by atoms with Gasteiger partial charge < -0.3 is 5.32 Å². The molecule has 114 valence electrons. The molecular weight excluding hydrogens is 317 g/mol. The quantitative estimate of drug-likeness (QED) is 0.736.